The predicted molar refractivity (Wildman–Crippen MR) is 168 cm³/mol. The molecule has 6 rings (SSSR count). The van der Waals surface area contributed by atoms with E-state index in [2.05, 4.69) is 15.9 Å². The van der Waals surface area contributed by atoms with Crippen LogP contribution in [0.25, 0.3) is 5.69 Å². The van der Waals surface area contributed by atoms with Gasteiger partial charge in [0.25, 0.3) is 17.2 Å². The average Bonchev–Trinajstić information content (AvgIpc) is 3.65. The van der Waals surface area contributed by atoms with Crippen LogP contribution < -0.4 is 5.56 Å². The van der Waals surface area contributed by atoms with Gasteiger partial charge < -0.3 is 0 Å². The molecule has 12 heteroatoms. The van der Waals surface area contributed by atoms with Crippen LogP contribution in [-0.2, 0) is 11.2 Å². The lowest BCUT2D eigenvalue weighted by Crippen LogP contribution is -2.29. The third kappa shape index (κ3) is 5.66. The van der Waals surface area contributed by atoms with E-state index in [0.29, 0.717) is 34.3 Å². The molecular weight excluding hydrogens is 638 g/mol. The highest BCUT2D eigenvalue weighted by Crippen LogP contribution is 2.35. The minimum Gasteiger partial charge on any atom is -0.272 e. The van der Waals surface area contributed by atoms with Gasteiger partial charge in [0.1, 0.15) is 0 Å². The number of hydrazone groups is 1. The lowest BCUT2D eigenvalue weighted by Gasteiger charge is -2.22. The highest BCUT2D eigenvalue weighted by molar-refractivity contribution is 9.10. The number of non-ortho nitro benzene ring substituents is 1. The molecule has 9 nitrogen and oxygen atoms in total. The first kappa shape index (κ1) is 28.4. The van der Waals surface area contributed by atoms with Crippen molar-refractivity contribution in [3.63, 3.8) is 0 Å². The highest BCUT2D eigenvalue weighted by Gasteiger charge is 2.33. The summed E-state index contributed by atoms with van der Waals surface area (Å²) < 4.78 is 2.40. The molecule has 1 unspecified atom stereocenters. The monoisotopic (exact) mass is 661 g/mol. The van der Waals surface area contributed by atoms with Crippen molar-refractivity contribution in [2.24, 2.45) is 5.10 Å². The van der Waals surface area contributed by atoms with Crippen molar-refractivity contribution < 1.29 is 9.72 Å². The van der Waals surface area contributed by atoms with Gasteiger partial charge in [0.2, 0.25) is 0 Å². The first-order chi connectivity index (χ1) is 20.3. The van der Waals surface area contributed by atoms with Crippen LogP contribution in [-0.4, -0.2) is 42.6 Å². The molecule has 1 atom stereocenters. The molecule has 0 saturated heterocycles. The first-order valence-electron chi connectivity index (χ1n) is 13.2. The van der Waals surface area contributed by atoms with E-state index in [1.54, 1.807) is 5.01 Å². The second kappa shape index (κ2) is 11.9. The van der Waals surface area contributed by atoms with Gasteiger partial charge >= 0.3 is 0 Å². The van der Waals surface area contributed by atoms with Crippen LogP contribution in [0.5, 0.6) is 0 Å². The number of halogens is 1. The largest absolute Gasteiger partial charge is 0.272 e. The lowest BCUT2D eigenvalue weighted by atomic mass is 9.98. The number of aryl methyl sites for hydroxylation is 2. The van der Waals surface area contributed by atoms with Gasteiger partial charge in [-0.3, -0.25) is 24.3 Å². The molecule has 0 spiro atoms. The molecule has 2 aliphatic heterocycles. The second-order valence-corrected chi connectivity index (χ2v) is 12.9. The molecule has 0 saturated carbocycles. The highest BCUT2D eigenvalue weighted by atomic mass is 79.9. The Bertz CT molecular complexity index is 1770. The third-order valence-corrected chi connectivity index (χ3v) is 9.67. The number of thioether (sulfide) groups is 2. The number of hydrogen-bond donors (Lipinski definition) is 0. The summed E-state index contributed by atoms with van der Waals surface area (Å²) in [4.78, 5) is 43.3. The molecule has 0 aliphatic carbocycles. The van der Waals surface area contributed by atoms with E-state index in [1.807, 2.05) is 55.5 Å². The fourth-order valence-corrected chi connectivity index (χ4v) is 7.11. The number of amides is 1. The number of fused-ring (bicyclic) bond motifs is 1. The van der Waals surface area contributed by atoms with Crippen LogP contribution in [0.1, 0.15) is 34.8 Å². The molecule has 1 amide bonds. The smallest absolute Gasteiger partial charge is 0.272 e. The Kier molecular flexibility index (Phi) is 8.02. The summed E-state index contributed by atoms with van der Waals surface area (Å²) in [6.07, 6.45) is 1.24. The number of nitro groups is 1. The predicted octanol–water partition coefficient (Wildman–Crippen LogP) is 6.33. The Balaban J connectivity index is 1.32. The normalized spacial score (nSPS) is 15.9. The molecule has 0 fully saturated rings. The zero-order valence-corrected chi connectivity index (χ0v) is 25.6. The molecule has 3 heterocycles. The maximum atomic E-state index is 13.8. The molecule has 1 aromatic heterocycles. The number of rotatable bonds is 7. The van der Waals surface area contributed by atoms with Crippen molar-refractivity contribution in [3.05, 3.63) is 120 Å². The van der Waals surface area contributed by atoms with Crippen molar-refractivity contribution in [1.29, 1.82) is 0 Å². The topological polar surface area (TPSA) is 111 Å². The Hall–Kier alpha value is -3.74. The zero-order chi connectivity index (χ0) is 29.4. The summed E-state index contributed by atoms with van der Waals surface area (Å²) in [6.45, 7) is 2.02. The summed E-state index contributed by atoms with van der Waals surface area (Å²) in [5.41, 5.74) is 4.75. The molecule has 212 valence electrons. The van der Waals surface area contributed by atoms with Crippen LogP contribution in [0.3, 0.4) is 0 Å². The number of nitrogens with zero attached hydrogens (tertiary/aromatic N) is 5. The number of carbonyl (C=O) groups excluding carboxylic acids is 1. The van der Waals surface area contributed by atoms with Crippen molar-refractivity contribution in [2.75, 3.05) is 11.5 Å². The van der Waals surface area contributed by atoms with Gasteiger partial charge in [0, 0.05) is 35.2 Å². The number of carbonyl (C=O) groups is 1. The quantitative estimate of drug-likeness (QED) is 0.0985. The lowest BCUT2D eigenvalue weighted by molar-refractivity contribution is -0.384. The van der Waals surface area contributed by atoms with Gasteiger partial charge in [-0.1, -0.05) is 69.7 Å². The summed E-state index contributed by atoms with van der Waals surface area (Å²) in [6, 6.07) is 21.5. The Morgan fingerprint density at radius 2 is 1.81 bits per heavy atom. The van der Waals surface area contributed by atoms with Gasteiger partial charge in [-0.2, -0.15) is 5.10 Å². The molecule has 42 heavy (non-hydrogen) atoms. The molecule has 4 aromatic rings. The van der Waals surface area contributed by atoms with Gasteiger partial charge in [-0.15, -0.1) is 11.8 Å². The zero-order valence-electron chi connectivity index (χ0n) is 22.4. The number of nitro benzene ring substituents is 1. The van der Waals surface area contributed by atoms with E-state index in [9.17, 15) is 19.7 Å². The van der Waals surface area contributed by atoms with E-state index in [0.717, 1.165) is 32.6 Å². The van der Waals surface area contributed by atoms with Gasteiger partial charge in [-0.25, -0.2) is 9.99 Å². The number of benzene rings is 3. The molecular formula is C30H24BrN5O4S2. The Morgan fingerprint density at radius 1 is 1.10 bits per heavy atom. The van der Waals surface area contributed by atoms with Gasteiger partial charge in [0.05, 0.1) is 38.7 Å². The number of aromatic nitrogens is 2. The summed E-state index contributed by atoms with van der Waals surface area (Å²) in [5, 5.41) is 17.9. The molecule has 0 bridgehead atoms. The van der Waals surface area contributed by atoms with Crippen LogP contribution >= 0.6 is 39.5 Å². The average molecular weight is 663 g/mol. The van der Waals surface area contributed by atoms with Crippen LogP contribution in [0.2, 0.25) is 0 Å². The Labute approximate surface area is 258 Å². The minimum atomic E-state index is -0.485. The maximum Gasteiger partial charge on any atom is 0.272 e. The van der Waals surface area contributed by atoms with Crippen molar-refractivity contribution in [2.45, 2.75) is 35.9 Å². The summed E-state index contributed by atoms with van der Waals surface area (Å²) in [7, 11) is 0. The van der Waals surface area contributed by atoms with E-state index >= 15 is 0 Å². The minimum absolute atomic E-state index is 0.00479. The maximum absolute atomic E-state index is 13.8. The van der Waals surface area contributed by atoms with Crippen molar-refractivity contribution in [3.8, 4) is 5.69 Å². The fourth-order valence-electron chi connectivity index (χ4n) is 4.94. The second-order valence-electron chi connectivity index (χ2n) is 9.89. The van der Waals surface area contributed by atoms with E-state index < -0.39 is 4.92 Å². The summed E-state index contributed by atoms with van der Waals surface area (Å²) >= 11 is 6.10. The van der Waals surface area contributed by atoms with Crippen molar-refractivity contribution >= 4 is 56.8 Å². The van der Waals surface area contributed by atoms with Crippen LogP contribution in [0.4, 0.5) is 5.69 Å². The van der Waals surface area contributed by atoms with E-state index in [1.165, 1.54) is 52.4 Å². The fraction of sp³-hybridized carbons (Fsp3) is 0.200. The molecule has 2 aliphatic rings. The SMILES string of the molecule is Cc1ccc(C2CC(c3ccc(Br)cc3)=NN2C(=O)CSc2nc3c(c(=O)n2-c2ccc([N+](=O)[O-])cc2)SCC3)cc1. The Morgan fingerprint density at radius 3 is 2.50 bits per heavy atom. The number of hydrogen-bond acceptors (Lipinski definition) is 8. The molecule has 0 N–H and O–H groups in total. The van der Waals surface area contributed by atoms with Gasteiger partial charge in [-0.05, 0) is 42.3 Å². The van der Waals surface area contributed by atoms with Crippen molar-refractivity contribution in [1.82, 2.24) is 14.6 Å². The first-order valence-corrected chi connectivity index (χ1v) is 15.9. The summed E-state index contributed by atoms with van der Waals surface area (Å²) in [5.74, 6) is 0.548. The molecule has 0 radical (unpaired) electrons. The van der Waals surface area contributed by atoms with E-state index in [4.69, 9.17) is 10.1 Å². The van der Waals surface area contributed by atoms with E-state index in [-0.39, 0.29) is 28.9 Å². The molecule has 3 aromatic carbocycles. The van der Waals surface area contributed by atoms with Crippen LogP contribution in [0, 0.1) is 17.0 Å². The van der Waals surface area contributed by atoms with Crippen LogP contribution in [0.15, 0.2) is 97.2 Å². The third-order valence-electron chi connectivity index (χ3n) is 7.12. The standard InChI is InChI=1S/C30H24BrN5O4S2/c1-18-2-4-20(5-3-18)26-16-25(19-6-8-21(31)9-7-19)33-35(26)27(37)17-42-30-32-24-14-15-41-28(24)29(38)34(30)22-10-12-23(13-11-22)36(39)40/h2-13,26H,14-17H2,1H3. The van der Waals surface area contributed by atoms with Gasteiger partial charge in [0.15, 0.2) is 5.16 Å².